The second-order valence-corrected chi connectivity index (χ2v) is 24.3. The van der Waals surface area contributed by atoms with Crippen LogP contribution >= 0.6 is 0 Å². The number of rotatable bonds is 18. The Morgan fingerprint density at radius 1 is 0.439 bits per heavy atom. The molecule has 98 heavy (non-hydrogen) atoms. The summed E-state index contributed by atoms with van der Waals surface area (Å²) in [6.45, 7) is 20.5. The third-order valence-electron chi connectivity index (χ3n) is 13.1. The Bertz CT molecular complexity index is 3560. The van der Waals surface area contributed by atoms with Crippen LogP contribution in [-0.4, -0.2) is 128 Å². The van der Waals surface area contributed by atoms with Gasteiger partial charge in [-0.15, -0.1) is 15.2 Å². The van der Waals surface area contributed by atoms with Crippen molar-refractivity contribution >= 4 is 94.9 Å². The van der Waals surface area contributed by atoms with Gasteiger partial charge in [0, 0.05) is 63.4 Å². The fourth-order valence-corrected chi connectivity index (χ4v) is 8.97. The molecule has 0 saturated carbocycles. The minimum Gasteiger partial charge on any atom is -0.444 e. The van der Waals surface area contributed by atoms with Crippen LogP contribution in [0.15, 0.2) is 72.8 Å². The number of ether oxygens (including phenoxy) is 2. The number of carbonyl (C=O) groups excluding carboxylic acids is 12. The average Bonchev–Trinajstić information content (AvgIpc) is 1.62. The molecule has 3 aliphatic heterocycles. The summed E-state index contributed by atoms with van der Waals surface area (Å²) in [5, 5.41) is 22.0. The van der Waals surface area contributed by atoms with Crippen molar-refractivity contribution < 1.29 is 91.5 Å². The van der Waals surface area contributed by atoms with E-state index >= 15 is 0 Å². The summed E-state index contributed by atoms with van der Waals surface area (Å²) < 4.78 is 10.2. The molecule has 4 aromatic rings. The van der Waals surface area contributed by atoms with Gasteiger partial charge in [0.25, 0.3) is 35.4 Å². The Morgan fingerprint density at radius 3 is 0.959 bits per heavy atom. The van der Waals surface area contributed by atoms with Gasteiger partial charge in [0.1, 0.15) is 22.9 Å². The lowest BCUT2D eigenvalue weighted by atomic mass is 10.0. The Kier molecular flexibility index (Phi) is 31.2. The van der Waals surface area contributed by atoms with Crippen LogP contribution in [0.3, 0.4) is 0 Å². The maximum Gasteiger partial charge on any atom is 0.413 e. The van der Waals surface area contributed by atoms with Crippen LogP contribution in [0.4, 0.5) is 9.59 Å². The third kappa shape index (κ3) is 28.8. The van der Waals surface area contributed by atoms with Crippen LogP contribution in [0, 0.1) is 38.5 Å². The Labute approximate surface area is 567 Å². The van der Waals surface area contributed by atoms with Gasteiger partial charge in [-0.05, 0) is 177 Å². The van der Waals surface area contributed by atoms with Gasteiger partial charge in [0.15, 0.2) is 5.78 Å². The number of guanidine groups is 2. The van der Waals surface area contributed by atoms with Crippen LogP contribution in [0.1, 0.15) is 192 Å². The number of hydrogen-bond donors (Lipinski definition) is 11. The van der Waals surface area contributed by atoms with Gasteiger partial charge in [0.05, 0.1) is 29.8 Å². The van der Waals surface area contributed by atoms with Crippen molar-refractivity contribution in [3.63, 3.8) is 0 Å². The molecule has 16 N–H and O–H groups in total. The van der Waals surface area contributed by atoms with E-state index in [2.05, 4.69) is 26.4 Å². The summed E-state index contributed by atoms with van der Waals surface area (Å²) in [5.74, 6) is -5.21. The second-order valence-electron chi connectivity index (χ2n) is 24.3. The summed E-state index contributed by atoms with van der Waals surface area (Å²) in [4.78, 5) is 161. The number of Topliss-reactive ketones (excluding diaryl/α,β-unsaturated/α-hetero) is 1. The number of nitrogens with one attached hydrogen (secondary N) is 6. The van der Waals surface area contributed by atoms with Crippen LogP contribution in [0.5, 0.6) is 0 Å². The summed E-state index contributed by atoms with van der Waals surface area (Å²) in [6.07, 6.45) is 0.554. The monoisotopic (exact) mass is 1360 g/mol. The number of ketones is 1. The first-order valence-electron chi connectivity index (χ1n) is 30.9. The normalized spacial score (nSPS) is 13.1. The Morgan fingerprint density at radius 2 is 0.694 bits per heavy atom. The van der Waals surface area contributed by atoms with Crippen LogP contribution < -0.4 is 49.3 Å². The zero-order valence-electron chi connectivity index (χ0n) is 57.3. The topological polar surface area (TPSA) is 491 Å². The second kappa shape index (κ2) is 37.7. The molecule has 0 aromatic heterocycles. The average molecular weight is 1360 g/mol. The highest BCUT2D eigenvalue weighted by molar-refractivity contribution is 6.05. The lowest BCUT2D eigenvalue weighted by molar-refractivity contribution is -0.477. The van der Waals surface area contributed by atoms with E-state index in [1.54, 1.807) is 91.8 Å². The molecular formula is C67H90N14O17+2. The number of benzene rings is 4. The molecule has 0 radical (unpaired) electrons. The highest BCUT2D eigenvalue weighted by atomic mass is 16.7. The van der Waals surface area contributed by atoms with Gasteiger partial charge in [-0.25, -0.2) is 24.0 Å². The van der Waals surface area contributed by atoms with Gasteiger partial charge >= 0.3 is 42.0 Å². The number of carbonyl (C=O) groups is 12. The first-order valence-corrected chi connectivity index (χ1v) is 30.9. The van der Waals surface area contributed by atoms with E-state index in [1.165, 1.54) is 7.05 Å². The lowest BCUT2D eigenvalue weighted by Gasteiger charge is -2.19. The first kappa shape index (κ1) is 81.0. The van der Waals surface area contributed by atoms with E-state index in [1.807, 2.05) is 57.2 Å². The molecule has 7 rings (SSSR count). The quantitative estimate of drug-likeness (QED) is 0.0295. The summed E-state index contributed by atoms with van der Waals surface area (Å²) >= 11 is 0. The highest BCUT2D eigenvalue weighted by Crippen LogP contribution is 2.21. The van der Waals surface area contributed by atoms with Crippen LogP contribution in [-0.2, 0) is 78.7 Å². The number of amides is 8. The molecule has 0 aliphatic carbocycles. The van der Waals surface area contributed by atoms with E-state index in [4.69, 9.17) is 57.7 Å². The molecule has 8 amide bonds. The van der Waals surface area contributed by atoms with Gasteiger partial charge < -0.3 is 29.7 Å². The predicted molar refractivity (Wildman–Crippen MR) is 356 cm³/mol. The van der Waals surface area contributed by atoms with Gasteiger partial charge in [-0.1, -0.05) is 36.8 Å². The summed E-state index contributed by atoms with van der Waals surface area (Å²) in [5.41, 5.74) is 32.5. The number of nitrogens with zero attached hydrogens (tertiary/aromatic N) is 3. The minimum absolute atomic E-state index is 0.0156. The van der Waals surface area contributed by atoms with Crippen molar-refractivity contribution in [3.05, 3.63) is 140 Å². The zero-order chi connectivity index (χ0) is 73.9. The molecule has 31 nitrogen and oxygen atoms in total. The fraction of sp³-hybridized carbons (Fsp3) is 0.403. The molecule has 0 spiro atoms. The molecule has 528 valence electrons. The number of hydroxylamine groups is 6. The zero-order valence-corrected chi connectivity index (χ0v) is 57.3. The molecule has 0 unspecified atom stereocenters. The minimum atomic E-state index is -0.805. The van der Waals surface area contributed by atoms with E-state index in [-0.39, 0.29) is 97.4 Å². The Hall–Kier alpha value is -11.2. The number of aryl methyl sites for hydroxylation is 6. The van der Waals surface area contributed by atoms with E-state index in [9.17, 15) is 57.5 Å². The molecular weight excluding hydrogens is 1270 g/mol. The van der Waals surface area contributed by atoms with Crippen molar-refractivity contribution in [2.45, 2.75) is 171 Å². The van der Waals surface area contributed by atoms with E-state index in [0.29, 0.717) is 47.5 Å². The van der Waals surface area contributed by atoms with Crippen molar-refractivity contribution in [3.8, 4) is 0 Å². The third-order valence-corrected chi connectivity index (χ3v) is 13.1. The van der Waals surface area contributed by atoms with Gasteiger partial charge in [0.2, 0.25) is 0 Å². The van der Waals surface area contributed by atoms with Crippen LogP contribution in [0.2, 0.25) is 0 Å². The predicted octanol–water partition coefficient (Wildman–Crippen LogP) is 2.39. The molecule has 3 fully saturated rings. The number of hydrogen-bond acceptors (Lipinski definition) is 20. The molecule has 0 atom stereocenters. The smallest absolute Gasteiger partial charge is 0.413 e. The molecule has 31 heteroatoms. The van der Waals surface area contributed by atoms with Gasteiger partial charge in [-0.2, -0.15) is 0 Å². The molecule has 3 saturated heterocycles. The molecule has 0 bridgehead atoms. The highest BCUT2D eigenvalue weighted by Gasteiger charge is 2.36. The van der Waals surface area contributed by atoms with Crippen molar-refractivity contribution in [1.82, 2.24) is 25.8 Å². The lowest BCUT2D eigenvalue weighted by Crippen LogP contribution is -2.76. The van der Waals surface area contributed by atoms with Gasteiger partial charge in [-0.3, -0.25) is 87.9 Å². The number of imide groups is 3. The van der Waals surface area contributed by atoms with Crippen molar-refractivity contribution in [1.29, 1.82) is 10.8 Å². The van der Waals surface area contributed by atoms with Crippen molar-refractivity contribution in [2.75, 3.05) is 7.05 Å². The first-order chi connectivity index (χ1) is 45.8. The maximum absolute atomic E-state index is 12.3. The molecule has 3 heterocycles. The van der Waals surface area contributed by atoms with Crippen molar-refractivity contribution in [2.24, 2.45) is 28.7 Å². The molecule has 4 aromatic carbocycles. The standard InChI is InChI=1S/2C20H25N3O6.C14H16N4O4.C12H17N3O.CH5N/c2*1-12-9-13(5-6-15(21)22-19(27)28-20(2,3)4)11-14(10-12)18(26)29-23-16(24)7-8-17(23)25;1-8-4-9(7-17-14(15)16)6-10(5-8)13(21)22-18-11(19)2-3-12(18)20;1-3-11(16)10-5-8(2)4-9(6-10)7-15-12(13)14;1-2/h2*9-11H,5-8H2,1-4H3,(H2,21,22,27);4-6H,2-3,7H2,1H3,(H4,15,16,17);4-6H,3,7H2,1-2H3,(H4,13,14,15);2H2,1H3/p+2. The molecule has 3 aliphatic rings. The number of amidine groups is 2. The number of alkyl carbamates (subject to hydrolysis) is 2. The summed E-state index contributed by atoms with van der Waals surface area (Å²) in [7, 11) is 1.50. The SMILES string of the molecule is CCC(=O)c1cc(C)cc(C[NH+]=C(N)N)c1.CN.Cc1cc(CCC(=N)NC(=O)OC(C)(C)C)cc(C(=O)ON2C(=O)CCC2=O)c1.Cc1cc(CCC(=N)NC(=O)OC(C)(C)C)cc(C(=O)ON2C(=O)CCC2=O)c1.Cc1cc(C[NH+]=C(N)N)cc(C(=O)ON2C(=O)CCC2=O)c1. The summed E-state index contributed by atoms with van der Waals surface area (Å²) in [6, 6.07) is 20.8. The Balaban J connectivity index is 0.000000344. The fourth-order valence-electron chi connectivity index (χ4n) is 8.97. The van der Waals surface area contributed by atoms with E-state index < -0.39 is 76.7 Å². The number of nitrogens with two attached hydrogens (primary N) is 5. The largest absolute Gasteiger partial charge is 0.444 e. The maximum atomic E-state index is 12.3. The van der Waals surface area contributed by atoms with E-state index in [0.717, 1.165) is 50.1 Å². The van der Waals surface area contributed by atoms with Crippen LogP contribution in [0.25, 0.3) is 0 Å².